The van der Waals surface area contributed by atoms with Gasteiger partial charge in [0, 0.05) is 12.6 Å². The van der Waals surface area contributed by atoms with E-state index in [0.717, 1.165) is 35.1 Å². The number of benzene rings is 1. The van der Waals surface area contributed by atoms with Gasteiger partial charge in [-0.25, -0.2) is 14.2 Å². The molecule has 3 rings (SSSR count). The van der Waals surface area contributed by atoms with Crippen molar-refractivity contribution in [3.8, 4) is 5.75 Å². The van der Waals surface area contributed by atoms with E-state index in [0.29, 0.717) is 0 Å². The molecule has 0 bridgehead atoms. The van der Waals surface area contributed by atoms with Gasteiger partial charge in [0.2, 0.25) is 0 Å². The molecule has 0 saturated heterocycles. The maximum atomic E-state index is 13.4. The molecule has 9 nitrogen and oxygen atoms in total. The topological polar surface area (TPSA) is 119 Å². The monoisotopic (exact) mass is 399 g/mol. The second-order valence-corrected chi connectivity index (χ2v) is 5.30. The second-order valence-electron chi connectivity index (χ2n) is 5.30. The Morgan fingerprint density at radius 2 is 2.00 bits per heavy atom. The number of carbonyl (C=O) groups is 2. The SMILES string of the molecule is O=C(NCc1ccc(F)c(OC(F)(F)F)c1)c1cc(C(=O)O)n2ncnc2n1. The summed E-state index contributed by atoms with van der Waals surface area (Å²) >= 11 is 0. The fourth-order valence-electron chi connectivity index (χ4n) is 2.21. The highest BCUT2D eigenvalue weighted by Gasteiger charge is 2.32. The summed E-state index contributed by atoms with van der Waals surface area (Å²) in [5.41, 5.74) is -0.557. The minimum atomic E-state index is -5.08. The molecule has 0 aliphatic carbocycles. The van der Waals surface area contributed by atoms with Crippen LogP contribution in [0, 0.1) is 5.82 Å². The maximum Gasteiger partial charge on any atom is 0.573 e. The lowest BCUT2D eigenvalue weighted by atomic mass is 10.2. The predicted octanol–water partition coefficient (Wildman–Crippen LogP) is 1.79. The van der Waals surface area contributed by atoms with Gasteiger partial charge >= 0.3 is 12.3 Å². The Morgan fingerprint density at radius 1 is 1.25 bits per heavy atom. The molecule has 0 aliphatic heterocycles. The lowest BCUT2D eigenvalue weighted by Crippen LogP contribution is -2.25. The number of carboxylic acids is 1. The number of hydrogen-bond donors (Lipinski definition) is 2. The van der Waals surface area contributed by atoms with Crippen molar-refractivity contribution in [3.63, 3.8) is 0 Å². The van der Waals surface area contributed by atoms with Crippen LogP contribution in [-0.2, 0) is 6.54 Å². The van der Waals surface area contributed by atoms with E-state index in [4.69, 9.17) is 0 Å². The average molecular weight is 399 g/mol. The number of ether oxygens (including phenoxy) is 1. The molecule has 3 aromatic rings. The van der Waals surface area contributed by atoms with Crippen molar-refractivity contribution in [1.82, 2.24) is 24.9 Å². The molecule has 0 spiro atoms. The molecule has 0 unspecified atom stereocenters. The molecular formula is C15H9F4N5O4. The highest BCUT2D eigenvalue weighted by Crippen LogP contribution is 2.26. The van der Waals surface area contributed by atoms with Crippen LogP contribution in [0.15, 0.2) is 30.6 Å². The summed E-state index contributed by atoms with van der Waals surface area (Å²) in [6, 6.07) is 3.64. The minimum absolute atomic E-state index is 0.107. The number of nitrogens with one attached hydrogen (secondary N) is 1. The summed E-state index contributed by atoms with van der Waals surface area (Å²) in [5.74, 6) is -4.60. The Kier molecular flexibility index (Phi) is 4.81. The van der Waals surface area contributed by atoms with Crippen molar-refractivity contribution in [1.29, 1.82) is 0 Å². The van der Waals surface area contributed by atoms with Gasteiger partial charge in [0.05, 0.1) is 0 Å². The van der Waals surface area contributed by atoms with Crippen LogP contribution in [-0.4, -0.2) is 42.9 Å². The van der Waals surface area contributed by atoms with Crippen molar-refractivity contribution in [2.75, 3.05) is 0 Å². The van der Waals surface area contributed by atoms with Crippen LogP contribution in [0.25, 0.3) is 5.78 Å². The molecule has 0 saturated carbocycles. The summed E-state index contributed by atoms with van der Waals surface area (Å²) in [5, 5.41) is 15.2. The van der Waals surface area contributed by atoms with E-state index in [2.05, 4.69) is 25.1 Å². The molecule has 13 heteroatoms. The zero-order valence-electron chi connectivity index (χ0n) is 13.6. The normalized spacial score (nSPS) is 11.4. The molecule has 2 N–H and O–H groups in total. The molecule has 2 heterocycles. The fourth-order valence-corrected chi connectivity index (χ4v) is 2.21. The third kappa shape index (κ3) is 4.13. The standard InChI is InChI=1S/C15H9F4N5O4/c16-8-2-1-7(3-11(8)28-15(17,18)19)5-20-12(25)9-4-10(13(26)27)24-14(23-9)21-6-22-24/h1-4,6H,5H2,(H,20,25)(H,26,27). The maximum absolute atomic E-state index is 13.4. The number of rotatable bonds is 5. The number of carbonyl (C=O) groups excluding carboxylic acids is 1. The number of alkyl halides is 3. The highest BCUT2D eigenvalue weighted by atomic mass is 19.4. The number of hydrogen-bond acceptors (Lipinski definition) is 6. The first-order valence-corrected chi connectivity index (χ1v) is 7.40. The van der Waals surface area contributed by atoms with Crippen molar-refractivity contribution in [3.05, 3.63) is 53.4 Å². The molecule has 0 fully saturated rings. The summed E-state index contributed by atoms with van der Waals surface area (Å²) in [7, 11) is 0. The number of amides is 1. The lowest BCUT2D eigenvalue weighted by Gasteiger charge is -2.11. The van der Waals surface area contributed by atoms with Crippen molar-refractivity contribution >= 4 is 17.7 Å². The molecule has 0 radical (unpaired) electrons. The number of halogens is 4. The number of carboxylic acid groups (broad SMARTS) is 1. The molecule has 0 atom stereocenters. The second kappa shape index (κ2) is 7.09. The molecule has 146 valence electrons. The molecule has 1 aromatic carbocycles. The van der Waals surface area contributed by atoms with E-state index >= 15 is 0 Å². The predicted molar refractivity (Wildman–Crippen MR) is 82.0 cm³/mol. The van der Waals surface area contributed by atoms with Gasteiger partial charge in [-0.2, -0.15) is 14.6 Å². The molecule has 28 heavy (non-hydrogen) atoms. The number of aromatic carboxylic acids is 1. The fraction of sp³-hybridized carbons (Fsp3) is 0.133. The third-order valence-corrected chi connectivity index (χ3v) is 3.38. The Hall–Kier alpha value is -3.77. The zero-order valence-corrected chi connectivity index (χ0v) is 13.6. The Labute approximate surface area is 152 Å². The van der Waals surface area contributed by atoms with Crippen LogP contribution in [0.5, 0.6) is 5.75 Å². The van der Waals surface area contributed by atoms with E-state index in [9.17, 15) is 32.3 Å². The van der Waals surface area contributed by atoms with Gasteiger partial charge in [0.1, 0.15) is 12.0 Å². The van der Waals surface area contributed by atoms with E-state index < -0.39 is 29.8 Å². The van der Waals surface area contributed by atoms with Gasteiger partial charge < -0.3 is 15.2 Å². The van der Waals surface area contributed by atoms with Crippen molar-refractivity contribution in [2.24, 2.45) is 0 Å². The van der Waals surface area contributed by atoms with Crippen molar-refractivity contribution in [2.45, 2.75) is 12.9 Å². The largest absolute Gasteiger partial charge is 0.573 e. The van der Waals surface area contributed by atoms with Gasteiger partial charge in [-0.1, -0.05) is 6.07 Å². The Bertz CT molecular complexity index is 1070. The first-order chi connectivity index (χ1) is 13.1. The van der Waals surface area contributed by atoms with Crippen molar-refractivity contribution < 1.29 is 37.0 Å². The van der Waals surface area contributed by atoms with Crippen LogP contribution in [0.2, 0.25) is 0 Å². The van der Waals surface area contributed by atoms with Crippen LogP contribution in [0.3, 0.4) is 0 Å². The number of nitrogens with zero attached hydrogens (tertiary/aromatic N) is 4. The van der Waals surface area contributed by atoms with Gasteiger partial charge in [0.25, 0.3) is 11.7 Å². The van der Waals surface area contributed by atoms with E-state index in [1.807, 2.05) is 0 Å². The van der Waals surface area contributed by atoms with Gasteiger partial charge in [-0.3, -0.25) is 4.79 Å². The highest BCUT2D eigenvalue weighted by molar-refractivity contribution is 5.95. The summed E-state index contributed by atoms with van der Waals surface area (Å²) < 4.78 is 54.7. The smallest absolute Gasteiger partial charge is 0.477 e. The van der Waals surface area contributed by atoms with E-state index in [1.165, 1.54) is 0 Å². The third-order valence-electron chi connectivity index (χ3n) is 3.38. The first-order valence-electron chi connectivity index (χ1n) is 7.40. The van der Waals surface area contributed by atoms with Crippen LogP contribution < -0.4 is 10.1 Å². The number of aromatic nitrogens is 4. The van der Waals surface area contributed by atoms with Crippen LogP contribution in [0.1, 0.15) is 26.5 Å². The minimum Gasteiger partial charge on any atom is -0.477 e. The molecule has 1 amide bonds. The van der Waals surface area contributed by atoms with Crippen LogP contribution in [0.4, 0.5) is 17.6 Å². The quantitative estimate of drug-likeness (QED) is 0.628. The Morgan fingerprint density at radius 3 is 2.68 bits per heavy atom. The van der Waals surface area contributed by atoms with E-state index in [1.54, 1.807) is 0 Å². The van der Waals surface area contributed by atoms with Gasteiger partial charge in [-0.05, 0) is 17.7 Å². The Balaban J connectivity index is 1.78. The first kappa shape index (κ1) is 19.0. The van der Waals surface area contributed by atoms with Gasteiger partial charge in [0.15, 0.2) is 17.3 Å². The summed E-state index contributed by atoms with van der Waals surface area (Å²) in [6.07, 6.45) is -4.02. The zero-order chi connectivity index (χ0) is 20.5. The average Bonchev–Trinajstić information content (AvgIpc) is 3.08. The van der Waals surface area contributed by atoms with E-state index in [-0.39, 0.29) is 29.3 Å². The molecule has 2 aromatic heterocycles. The molecule has 0 aliphatic rings. The lowest BCUT2D eigenvalue weighted by molar-refractivity contribution is -0.275. The molecular weight excluding hydrogens is 390 g/mol. The summed E-state index contributed by atoms with van der Waals surface area (Å²) in [4.78, 5) is 31.1. The van der Waals surface area contributed by atoms with Gasteiger partial charge in [-0.15, -0.1) is 13.2 Å². The number of fused-ring (bicyclic) bond motifs is 1. The summed E-state index contributed by atoms with van der Waals surface area (Å²) in [6.45, 7) is -0.296. The van der Waals surface area contributed by atoms with Crippen LogP contribution >= 0.6 is 0 Å².